The zero-order valence-corrected chi connectivity index (χ0v) is 18.0. The van der Waals surface area contributed by atoms with E-state index in [1.807, 2.05) is 41.9 Å². The van der Waals surface area contributed by atoms with Crippen molar-refractivity contribution in [2.75, 3.05) is 26.2 Å². The van der Waals surface area contributed by atoms with Crippen LogP contribution in [0.1, 0.15) is 45.5 Å². The van der Waals surface area contributed by atoms with Gasteiger partial charge in [-0.05, 0) is 31.9 Å². The van der Waals surface area contributed by atoms with E-state index in [4.69, 9.17) is 10.1 Å². The number of carbonyl (C=O) groups excluding carboxylic acids is 1. The summed E-state index contributed by atoms with van der Waals surface area (Å²) < 4.78 is 1.94. The Morgan fingerprint density at radius 3 is 2.60 bits per heavy atom. The summed E-state index contributed by atoms with van der Waals surface area (Å²) in [4.78, 5) is 19.4. The lowest BCUT2D eigenvalue weighted by molar-refractivity contribution is 0.104. The smallest absolute Gasteiger partial charge is 0.187 e. The van der Waals surface area contributed by atoms with E-state index in [0.717, 1.165) is 67.3 Å². The summed E-state index contributed by atoms with van der Waals surface area (Å²) in [7, 11) is 0. The van der Waals surface area contributed by atoms with Gasteiger partial charge < -0.3 is 10.2 Å². The molecule has 1 aliphatic heterocycles. The molecule has 1 fully saturated rings. The van der Waals surface area contributed by atoms with Crippen LogP contribution in [0.15, 0.2) is 42.6 Å². The van der Waals surface area contributed by atoms with Gasteiger partial charge in [0.1, 0.15) is 0 Å². The highest BCUT2D eigenvalue weighted by Gasteiger charge is 2.15. The Balaban J connectivity index is 1.52. The van der Waals surface area contributed by atoms with Gasteiger partial charge in [0, 0.05) is 67.4 Å². The Hall–Kier alpha value is -2.99. The first-order valence-corrected chi connectivity index (χ1v) is 10.7. The minimum Gasteiger partial charge on any atom is -0.375 e. The van der Waals surface area contributed by atoms with Crippen LogP contribution in [0, 0.1) is 13.8 Å². The van der Waals surface area contributed by atoms with Crippen molar-refractivity contribution < 1.29 is 4.79 Å². The summed E-state index contributed by atoms with van der Waals surface area (Å²) in [5.74, 6) is 0.0400. The zero-order chi connectivity index (χ0) is 21.1. The molecule has 3 heterocycles. The fourth-order valence-electron chi connectivity index (χ4n) is 3.97. The standard InChI is InChI=1S/C24H29N5O/c1-4-22-21(24-26-17(2)15-18(3)29(24)27-22)16-19-5-7-20(8-6-19)23(30)9-12-28-13-10-25-11-14-28/h5-9,12,15,25H,4,10-11,13-14,16H2,1-3H3. The molecule has 6 heteroatoms. The predicted molar refractivity (Wildman–Crippen MR) is 119 cm³/mol. The van der Waals surface area contributed by atoms with Crippen LogP contribution in [0.4, 0.5) is 0 Å². The fraction of sp³-hybridized carbons (Fsp3) is 0.375. The van der Waals surface area contributed by atoms with Crippen molar-refractivity contribution in [1.82, 2.24) is 24.8 Å². The molecule has 156 valence electrons. The number of fused-ring (bicyclic) bond motifs is 1. The van der Waals surface area contributed by atoms with Crippen LogP contribution in [0.2, 0.25) is 0 Å². The Labute approximate surface area is 177 Å². The summed E-state index contributed by atoms with van der Waals surface area (Å²) >= 11 is 0. The van der Waals surface area contributed by atoms with Crippen LogP contribution < -0.4 is 5.32 Å². The first-order valence-electron chi connectivity index (χ1n) is 10.7. The molecule has 0 bridgehead atoms. The van der Waals surface area contributed by atoms with Crippen LogP contribution in [0.5, 0.6) is 0 Å². The van der Waals surface area contributed by atoms with Crippen molar-refractivity contribution in [1.29, 1.82) is 0 Å². The van der Waals surface area contributed by atoms with Gasteiger partial charge in [-0.2, -0.15) is 5.10 Å². The second-order valence-corrected chi connectivity index (χ2v) is 7.89. The van der Waals surface area contributed by atoms with E-state index in [2.05, 4.69) is 30.1 Å². The molecular weight excluding hydrogens is 374 g/mol. The molecule has 1 N–H and O–H groups in total. The van der Waals surface area contributed by atoms with Gasteiger partial charge in [0.25, 0.3) is 0 Å². The van der Waals surface area contributed by atoms with Crippen LogP contribution >= 0.6 is 0 Å². The predicted octanol–water partition coefficient (Wildman–Crippen LogP) is 3.10. The number of hydrogen-bond acceptors (Lipinski definition) is 5. The number of allylic oxidation sites excluding steroid dienone is 1. The number of ketones is 1. The van der Waals surface area contributed by atoms with Crippen LogP contribution in [-0.4, -0.2) is 51.5 Å². The summed E-state index contributed by atoms with van der Waals surface area (Å²) in [6.07, 6.45) is 5.22. The molecule has 0 aliphatic carbocycles. The largest absolute Gasteiger partial charge is 0.375 e. The Morgan fingerprint density at radius 2 is 1.90 bits per heavy atom. The van der Waals surface area contributed by atoms with Crippen molar-refractivity contribution in [3.63, 3.8) is 0 Å². The maximum Gasteiger partial charge on any atom is 0.187 e. The molecule has 0 atom stereocenters. The maximum atomic E-state index is 12.5. The molecule has 1 saturated heterocycles. The lowest BCUT2D eigenvalue weighted by Crippen LogP contribution is -2.40. The monoisotopic (exact) mass is 403 g/mol. The number of piperazine rings is 1. The molecule has 2 aromatic heterocycles. The van der Waals surface area contributed by atoms with Gasteiger partial charge in [-0.25, -0.2) is 9.50 Å². The van der Waals surface area contributed by atoms with E-state index in [0.29, 0.717) is 5.56 Å². The van der Waals surface area contributed by atoms with Gasteiger partial charge in [0.05, 0.1) is 5.69 Å². The number of aryl methyl sites for hydroxylation is 3. The SMILES string of the molecule is CCc1nn2c(C)cc(C)nc2c1Cc1ccc(C(=O)C=CN2CCNCC2)cc1. The van der Waals surface area contributed by atoms with Gasteiger partial charge in [0.2, 0.25) is 0 Å². The average molecular weight is 404 g/mol. The number of aromatic nitrogens is 3. The van der Waals surface area contributed by atoms with E-state index in [1.54, 1.807) is 6.08 Å². The molecule has 1 aliphatic rings. The normalized spacial score (nSPS) is 14.7. The molecule has 3 aromatic rings. The molecule has 0 amide bonds. The highest BCUT2D eigenvalue weighted by molar-refractivity contribution is 6.04. The summed E-state index contributed by atoms with van der Waals surface area (Å²) in [5.41, 5.74) is 7.14. The van der Waals surface area contributed by atoms with Gasteiger partial charge in [-0.1, -0.05) is 31.2 Å². The minimum atomic E-state index is 0.0400. The van der Waals surface area contributed by atoms with Crippen molar-refractivity contribution in [2.24, 2.45) is 0 Å². The summed E-state index contributed by atoms with van der Waals surface area (Å²) in [5, 5.41) is 8.08. The molecule has 30 heavy (non-hydrogen) atoms. The minimum absolute atomic E-state index is 0.0400. The number of hydrogen-bond donors (Lipinski definition) is 1. The Kier molecular flexibility index (Phi) is 5.95. The third kappa shape index (κ3) is 4.28. The van der Waals surface area contributed by atoms with Crippen LogP contribution in [0.3, 0.4) is 0 Å². The molecule has 0 saturated carbocycles. The second kappa shape index (κ2) is 8.79. The van der Waals surface area contributed by atoms with E-state index < -0.39 is 0 Å². The van der Waals surface area contributed by atoms with Gasteiger partial charge >= 0.3 is 0 Å². The topological polar surface area (TPSA) is 62.5 Å². The van der Waals surface area contributed by atoms with E-state index in [1.165, 1.54) is 5.56 Å². The van der Waals surface area contributed by atoms with Crippen LogP contribution in [0.25, 0.3) is 5.65 Å². The Bertz CT molecular complexity index is 1080. The molecule has 4 rings (SSSR count). The van der Waals surface area contributed by atoms with E-state index >= 15 is 0 Å². The Morgan fingerprint density at radius 1 is 1.17 bits per heavy atom. The van der Waals surface area contributed by atoms with Crippen molar-refractivity contribution >= 4 is 11.4 Å². The highest BCUT2D eigenvalue weighted by Crippen LogP contribution is 2.21. The van der Waals surface area contributed by atoms with Gasteiger partial charge in [-0.15, -0.1) is 0 Å². The quantitative estimate of drug-likeness (QED) is 0.506. The lowest BCUT2D eigenvalue weighted by Gasteiger charge is -2.25. The maximum absolute atomic E-state index is 12.5. The van der Waals surface area contributed by atoms with Gasteiger partial charge in [0.15, 0.2) is 11.4 Å². The number of nitrogens with one attached hydrogen (secondary N) is 1. The molecule has 6 nitrogen and oxygen atoms in total. The zero-order valence-electron chi connectivity index (χ0n) is 18.0. The number of benzene rings is 1. The molecular formula is C24H29N5O. The highest BCUT2D eigenvalue weighted by atomic mass is 16.1. The fourth-order valence-corrected chi connectivity index (χ4v) is 3.97. The van der Waals surface area contributed by atoms with E-state index in [9.17, 15) is 4.79 Å². The van der Waals surface area contributed by atoms with Crippen LogP contribution in [-0.2, 0) is 12.8 Å². The van der Waals surface area contributed by atoms with E-state index in [-0.39, 0.29) is 5.78 Å². The molecule has 0 radical (unpaired) electrons. The van der Waals surface area contributed by atoms with Gasteiger partial charge in [-0.3, -0.25) is 4.79 Å². The third-order valence-corrected chi connectivity index (χ3v) is 5.62. The average Bonchev–Trinajstić information content (AvgIpc) is 3.11. The number of carbonyl (C=O) groups is 1. The molecule has 0 spiro atoms. The second-order valence-electron chi connectivity index (χ2n) is 7.89. The first kappa shape index (κ1) is 20.3. The van der Waals surface area contributed by atoms with Crippen molar-refractivity contribution in [3.8, 4) is 0 Å². The lowest BCUT2D eigenvalue weighted by atomic mass is 10.0. The molecule has 1 aromatic carbocycles. The molecule has 0 unspecified atom stereocenters. The summed E-state index contributed by atoms with van der Waals surface area (Å²) in [6, 6.07) is 9.97. The summed E-state index contributed by atoms with van der Waals surface area (Å²) in [6.45, 7) is 10.0. The number of nitrogens with zero attached hydrogens (tertiary/aromatic N) is 4. The first-order chi connectivity index (χ1) is 14.5. The van der Waals surface area contributed by atoms with Crippen molar-refractivity contribution in [2.45, 2.75) is 33.6 Å². The third-order valence-electron chi connectivity index (χ3n) is 5.62. The number of rotatable bonds is 6. The van der Waals surface area contributed by atoms with Crippen molar-refractivity contribution in [3.05, 3.63) is 76.4 Å².